The lowest BCUT2D eigenvalue weighted by Gasteiger charge is -2.37. The van der Waals surface area contributed by atoms with Crippen LogP contribution in [0.15, 0.2) is 71.2 Å². The molecule has 4 rings (SSSR count). The molecule has 2 N–H and O–H groups in total. The number of methoxy groups -OCH3 is 2. The molecule has 10 heteroatoms. The van der Waals surface area contributed by atoms with Gasteiger partial charge in [0.2, 0.25) is 0 Å². The fourth-order valence-electron chi connectivity index (χ4n) is 5.01. The molecule has 1 unspecified atom stereocenters. The average molecular weight is 545 g/mol. The lowest BCUT2D eigenvalue weighted by molar-refractivity contribution is -0.139. The van der Waals surface area contributed by atoms with Gasteiger partial charge in [0.15, 0.2) is 0 Å². The topological polar surface area (TPSA) is 135 Å². The molecule has 2 aliphatic rings. The first kappa shape index (κ1) is 28.2. The minimum atomic E-state index is -0.954. The second-order valence-electron chi connectivity index (χ2n) is 10.4. The number of nitrogens with zero attached hydrogens (tertiary/aromatic N) is 3. The molecule has 40 heavy (non-hydrogen) atoms. The zero-order valence-corrected chi connectivity index (χ0v) is 23.2. The van der Waals surface area contributed by atoms with Crippen molar-refractivity contribution < 1.29 is 28.6 Å². The molecule has 1 atom stereocenters. The summed E-state index contributed by atoms with van der Waals surface area (Å²) in [6.07, 6.45) is 0.881. The Hall–Kier alpha value is -4.78. The smallest absolute Gasteiger partial charge is 0.414 e. The van der Waals surface area contributed by atoms with Crippen LogP contribution in [0.25, 0.3) is 0 Å². The number of benzene rings is 2. The van der Waals surface area contributed by atoms with Crippen molar-refractivity contribution in [2.45, 2.75) is 45.1 Å². The van der Waals surface area contributed by atoms with Crippen molar-refractivity contribution in [1.29, 1.82) is 5.26 Å². The Morgan fingerprint density at radius 1 is 1.02 bits per heavy atom. The molecule has 10 nitrogen and oxygen atoms in total. The minimum absolute atomic E-state index is 0.0239. The molecule has 2 aromatic carbocycles. The zero-order valence-electron chi connectivity index (χ0n) is 23.2. The summed E-state index contributed by atoms with van der Waals surface area (Å²) >= 11 is 0. The van der Waals surface area contributed by atoms with Crippen molar-refractivity contribution in [1.82, 2.24) is 0 Å². The van der Waals surface area contributed by atoms with Crippen molar-refractivity contribution >= 4 is 29.4 Å². The molecular formula is C30H32N4O6. The van der Waals surface area contributed by atoms with Gasteiger partial charge >= 0.3 is 18.0 Å². The summed E-state index contributed by atoms with van der Waals surface area (Å²) in [6, 6.07) is 16.2. The number of rotatable bonds is 4. The van der Waals surface area contributed by atoms with Crippen LogP contribution >= 0.6 is 0 Å². The molecule has 1 amide bonds. The quantitative estimate of drug-likeness (QED) is 0.442. The number of esters is 2. The highest BCUT2D eigenvalue weighted by Gasteiger charge is 2.43. The van der Waals surface area contributed by atoms with Crippen LogP contribution in [-0.4, -0.2) is 44.4 Å². The summed E-state index contributed by atoms with van der Waals surface area (Å²) in [5.41, 5.74) is 8.29. The fourth-order valence-corrected chi connectivity index (χ4v) is 5.01. The molecule has 0 aromatic heterocycles. The van der Waals surface area contributed by atoms with Gasteiger partial charge in [-0.05, 0) is 62.9 Å². The van der Waals surface area contributed by atoms with Crippen LogP contribution in [0, 0.1) is 11.3 Å². The molecule has 0 spiro atoms. The van der Waals surface area contributed by atoms with Gasteiger partial charge in [0.25, 0.3) is 0 Å². The van der Waals surface area contributed by atoms with Crippen LogP contribution in [0.2, 0.25) is 0 Å². The predicted molar refractivity (Wildman–Crippen MR) is 148 cm³/mol. The number of anilines is 2. The van der Waals surface area contributed by atoms with Gasteiger partial charge in [0.1, 0.15) is 17.1 Å². The van der Waals surface area contributed by atoms with E-state index in [0.717, 1.165) is 5.56 Å². The number of aryl methyl sites for hydroxylation is 1. The van der Waals surface area contributed by atoms with Gasteiger partial charge in [-0.25, -0.2) is 14.4 Å². The number of nitrogens with two attached hydrogens (primary N) is 1. The molecule has 2 aliphatic heterocycles. The van der Waals surface area contributed by atoms with Gasteiger partial charge in [-0.15, -0.1) is 0 Å². The van der Waals surface area contributed by atoms with Crippen LogP contribution in [0.3, 0.4) is 0 Å². The Balaban J connectivity index is 1.91. The highest BCUT2D eigenvalue weighted by Crippen LogP contribution is 2.44. The number of hydrogen-bond acceptors (Lipinski definition) is 9. The van der Waals surface area contributed by atoms with Crippen LogP contribution in [-0.2, 0) is 30.2 Å². The maximum absolute atomic E-state index is 13.3. The van der Waals surface area contributed by atoms with Crippen LogP contribution in [0.4, 0.5) is 16.2 Å². The maximum Gasteiger partial charge on any atom is 0.414 e. The lowest BCUT2D eigenvalue weighted by atomic mass is 9.81. The molecule has 0 saturated heterocycles. The minimum Gasteiger partial charge on any atom is -0.466 e. The molecule has 0 radical (unpaired) electrons. The predicted octanol–water partition coefficient (Wildman–Crippen LogP) is 4.27. The molecule has 0 bridgehead atoms. The van der Waals surface area contributed by atoms with Crippen molar-refractivity contribution in [2.75, 3.05) is 30.6 Å². The van der Waals surface area contributed by atoms with Gasteiger partial charge in [0, 0.05) is 12.2 Å². The Kier molecular flexibility index (Phi) is 7.86. The van der Waals surface area contributed by atoms with E-state index in [1.54, 1.807) is 74.2 Å². The lowest BCUT2D eigenvalue weighted by Crippen LogP contribution is -2.41. The van der Waals surface area contributed by atoms with Gasteiger partial charge in [-0.1, -0.05) is 30.3 Å². The van der Waals surface area contributed by atoms with E-state index in [1.807, 2.05) is 0 Å². The first-order valence-corrected chi connectivity index (χ1v) is 12.8. The molecule has 2 heterocycles. The first-order valence-electron chi connectivity index (χ1n) is 12.8. The Morgan fingerprint density at radius 2 is 1.70 bits per heavy atom. The number of ether oxygens (including phenoxy) is 3. The molecule has 0 fully saturated rings. The third-order valence-corrected chi connectivity index (χ3v) is 6.66. The molecule has 2 aromatic rings. The van der Waals surface area contributed by atoms with E-state index in [0.29, 0.717) is 36.3 Å². The molecular weight excluding hydrogens is 512 g/mol. The third-order valence-electron chi connectivity index (χ3n) is 6.66. The third kappa shape index (κ3) is 5.23. The molecule has 0 saturated carbocycles. The SMILES string of the molecule is COC(=O)C1=C(C(=O)OC)N(c2ccc3c(c2)CCCN3C(=O)OC(C)(C)C)C(N)=C(C#N)C1c1ccccc1. The summed E-state index contributed by atoms with van der Waals surface area (Å²) in [4.78, 5) is 42.4. The van der Waals surface area contributed by atoms with Crippen molar-refractivity contribution in [3.63, 3.8) is 0 Å². The van der Waals surface area contributed by atoms with Gasteiger partial charge in [0.05, 0.1) is 43.0 Å². The Morgan fingerprint density at radius 3 is 2.30 bits per heavy atom. The fraction of sp³-hybridized carbons (Fsp3) is 0.333. The Bertz CT molecular complexity index is 1450. The van der Waals surface area contributed by atoms with E-state index < -0.39 is 29.6 Å². The number of amides is 1. The highest BCUT2D eigenvalue weighted by molar-refractivity contribution is 6.06. The normalized spacial score (nSPS) is 17.1. The number of nitriles is 1. The number of carbonyl (C=O) groups is 3. The van der Waals surface area contributed by atoms with E-state index in [4.69, 9.17) is 19.9 Å². The first-order chi connectivity index (χ1) is 19.0. The monoisotopic (exact) mass is 544 g/mol. The van der Waals surface area contributed by atoms with Crippen LogP contribution in [0.5, 0.6) is 0 Å². The van der Waals surface area contributed by atoms with Gasteiger partial charge < -0.3 is 19.9 Å². The van der Waals surface area contributed by atoms with Crippen molar-refractivity contribution in [3.05, 3.63) is 82.3 Å². The number of hydrogen-bond donors (Lipinski definition) is 1. The second kappa shape index (κ2) is 11.1. The van der Waals surface area contributed by atoms with E-state index in [9.17, 15) is 19.6 Å². The summed E-state index contributed by atoms with van der Waals surface area (Å²) in [6.45, 7) is 5.91. The molecule has 208 valence electrons. The maximum atomic E-state index is 13.3. The van der Waals surface area contributed by atoms with E-state index in [2.05, 4.69) is 6.07 Å². The van der Waals surface area contributed by atoms with Gasteiger partial charge in [-0.2, -0.15) is 5.26 Å². The van der Waals surface area contributed by atoms with Gasteiger partial charge in [-0.3, -0.25) is 9.80 Å². The largest absolute Gasteiger partial charge is 0.466 e. The van der Waals surface area contributed by atoms with E-state index >= 15 is 0 Å². The highest BCUT2D eigenvalue weighted by atomic mass is 16.6. The van der Waals surface area contributed by atoms with Crippen molar-refractivity contribution in [3.8, 4) is 6.07 Å². The standard InChI is InChI=1S/C30H32N4O6/c1-30(2,3)40-29(37)33-15-9-12-19-16-20(13-14-22(19)33)34-25(28(36)39-5)24(27(35)38-4)23(21(17-31)26(34)32)18-10-7-6-8-11-18/h6-8,10-11,13-14,16,23H,9,12,15,32H2,1-5H3. The van der Waals surface area contributed by atoms with E-state index in [-0.39, 0.29) is 22.7 Å². The summed E-state index contributed by atoms with van der Waals surface area (Å²) in [7, 11) is 2.40. The van der Waals surface area contributed by atoms with Crippen LogP contribution < -0.4 is 15.5 Å². The van der Waals surface area contributed by atoms with Crippen molar-refractivity contribution in [2.24, 2.45) is 5.73 Å². The number of fused-ring (bicyclic) bond motifs is 1. The summed E-state index contributed by atoms with van der Waals surface area (Å²) in [5.74, 6) is -2.60. The summed E-state index contributed by atoms with van der Waals surface area (Å²) < 4.78 is 15.8. The number of carbonyl (C=O) groups excluding carboxylic acids is 3. The number of allylic oxidation sites excluding steroid dienone is 1. The summed E-state index contributed by atoms with van der Waals surface area (Å²) in [5, 5.41) is 10.2. The average Bonchev–Trinajstić information content (AvgIpc) is 2.94. The Labute approximate surface area is 233 Å². The zero-order chi connectivity index (χ0) is 29.2. The second-order valence-corrected chi connectivity index (χ2v) is 10.4. The molecule has 0 aliphatic carbocycles. The van der Waals surface area contributed by atoms with Crippen LogP contribution in [0.1, 0.15) is 44.2 Å². The van der Waals surface area contributed by atoms with E-state index in [1.165, 1.54) is 19.1 Å².